The number of aryl methyl sites for hydroxylation is 1. The lowest BCUT2D eigenvalue weighted by Gasteiger charge is -2.17. The van der Waals surface area contributed by atoms with Crippen LogP contribution in [0.1, 0.15) is 25.7 Å². The maximum Gasteiger partial charge on any atom is 0.418 e. The number of methoxy groups -OCH3 is 1. The van der Waals surface area contributed by atoms with Gasteiger partial charge in [0.2, 0.25) is 5.88 Å². The van der Waals surface area contributed by atoms with Gasteiger partial charge in [-0.15, -0.1) is 0 Å². The van der Waals surface area contributed by atoms with Crippen molar-refractivity contribution in [2.75, 3.05) is 25.9 Å². The summed E-state index contributed by atoms with van der Waals surface area (Å²) < 4.78 is 83.5. The van der Waals surface area contributed by atoms with Crippen LogP contribution in [0, 0.1) is 6.92 Å². The van der Waals surface area contributed by atoms with Crippen LogP contribution >= 0.6 is 0 Å². The first-order valence-electron chi connectivity index (χ1n) is 11.4. The normalized spacial score (nSPS) is 19.8. The Bertz CT molecular complexity index is 1430. The number of hydrogen-bond donors (Lipinski definition) is 3. The van der Waals surface area contributed by atoms with Crippen LogP contribution in [0.15, 0.2) is 18.5 Å². The van der Waals surface area contributed by atoms with Crippen molar-refractivity contribution in [3.63, 3.8) is 0 Å². The average molecular weight is 500 g/mol. The van der Waals surface area contributed by atoms with Crippen LogP contribution in [0.3, 0.4) is 0 Å². The molecule has 1 fully saturated rings. The number of alkyl halides is 4. The highest BCUT2D eigenvalue weighted by Gasteiger charge is 2.38. The summed E-state index contributed by atoms with van der Waals surface area (Å²) in [5.41, 5.74) is 3.09. The SMILES string of the molecule is [2H]C([2H])([2H])Oc1nc(C)c(-c2cc(C(F)(F)F)c3c(N)ncnn23)cc1C(=O)N[C@@H]1CN(C(=O)O)C[C@@H]1F. The van der Waals surface area contributed by atoms with Gasteiger partial charge >= 0.3 is 12.3 Å². The molecule has 0 aliphatic carbocycles. The number of hydrogen-bond acceptors (Lipinski definition) is 7. The molecule has 0 bridgehead atoms. The molecule has 1 aliphatic rings. The third kappa shape index (κ3) is 4.24. The highest BCUT2D eigenvalue weighted by Crippen LogP contribution is 2.39. The number of nitrogens with two attached hydrogens (primary N) is 1. The number of aromatic nitrogens is 4. The number of carboxylic acid groups (broad SMARTS) is 1. The van der Waals surface area contributed by atoms with Crippen LogP contribution in [-0.4, -0.2) is 73.9 Å². The lowest BCUT2D eigenvalue weighted by atomic mass is 10.1. The molecule has 0 unspecified atom stereocenters. The van der Waals surface area contributed by atoms with Gasteiger partial charge in [0.1, 0.15) is 23.6 Å². The summed E-state index contributed by atoms with van der Waals surface area (Å²) in [5, 5.41) is 15.2. The zero-order chi connectivity index (χ0) is 28.2. The van der Waals surface area contributed by atoms with Gasteiger partial charge in [-0.25, -0.2) is 23.7 Å². The number of carbonyl (C=O) groups excluding carboxylic acids is 1. The van der Waals surface area contributed by atoms with Crippen molar-refractivity contribution in [2.45, 2.75) is 25.3 Å². The number of nitrogens with zero attached hydrogens (tertiary/aromatic N) is 5. The number of carbonyl (C=O) groups is 2. The molecule has 4 heterocycles. The molecule has 3 aromatic rings. The lowest BCUT2D eigenvalue weighted by molar-refractivity contribution is -0.136. The number of anilines is 1. The average Bonchev–Trinajstić information content (AvgIpc) is 3.35. The maximum atomic E-state index is 14.4. The summed E-state index contributed by atoms with van der Waals surface area (Å²) in [6.45, 7) is 0.437. The van der Waals surface area contributed by atoms with E-state index in [4.69, 9.17) is 19.7 Å². The standard InChI is InChI=1S/C20H19F4N7O4/c1-8-9(14-4-11(20(22,23)24)15-16(25)26-7-27-31(14)15)3-10(18(28-8)35-2)17(32)29-13-6-30(19(33)34)5-12(13)21/h3-4,7,12-13H,5-6H2,1-2H3,(H,29,32)(H,33,34)(H2,25,26,27)/t12-,13+/m0/s1/i2D3. The van der Waals surface area contributed by atoms with Crippen molar-refractivity contribution >= 4 is 23.3 Å². The van der Waals surface area contributed by atoms with Crippen molar-refractivity contribution in [3.8, 4) is 17.1 Å². The summed E-state index contributed by atoms with van der Waals surface area (Å²) in [7, 11) is -3.07. The predicted molar refractivity (Wildman–Crippen MR) is 113 cm³/mol. The van der Waals surface area contributed by atoms with Gasteiger partial charge in [-0.2, -0.15) is 18.3 Å². The second-order valence-electron chi connectivity index (χ2n) is 7.71. The Hall–Kier alpha value is -4.17. The maximum absolute atomic E-state index is 14.4. The minimum Gasteiger partial charge on any atom is -0.480 e. The summed E-state index contributed by atoms with van der Waals surface area (Å²) in [6, 6.07) is 0.452. The topological polar surface area (TPSA) is 148 Å². The van der Waals surface area contributed by atoms with Gasteiger partial charge in [0.25, 0.3) is 5.91 Å². The van der Waals surface area contributed by atoms with E-state index < -0.39 is 78.9 Å². The van der Waals surface area contributed by atoms with Crippen molar-refractivity contribution in [1.82, 2.24) is 29.8 Å². The molecule has 4 rings (SSSR count). The van der Waals surface area contributed by atoms with Gasteiger partial charge in [0.05, 0.1) is 40.7 Å². The zero-order valence-electron chi connectivity index (χ0n) is 20.8. The van der Waals surface area contributed by atoms with Crippen LogP contribution in [0.4, 0.5) is 28.2 Å². The lowest BCUT2D eigenvalue weighted by Crippen LogP contribution is -2.41. The smallest absolute Gasteiger partial charge is 0.418 e. The number of amides is 2. The molecule has 4 N–H and O–H groups in total. The molecule has 15 heteroatoms. The zero-order valence-corrected chi connectivity index (χ0v) is 17.8. The highest BCUT2D eigenvalue weighted by molar-refractivity contribution is 5.98. The van der Waals surface area contributed by atoms with E-state index in [0.29, 0.717) is 0 Å². The van der Waals surface area contributed by atoms with Crippen LogP contribution < -0.4 is 15.8 Å². The number of ether oxygens (including phenoxy) is 1. The molecule has 3 aromatic heterocycles. The second kappa shape index (κ2) is 8.56. The Balaban J connectivity index is 1.84. The van der Waals surface area contributed by atoms with E-state index >= 15 is 0 Å². The Labute approximate surface area is 198 Å². The second-order valence-corrected chi connectivity index (χ2v) is 7.71. The first-order valence-corrected chi connectivity index (χ1v) is 9.90. The first kappa shape index (κ1) is 20.2. The molecule has 1 saturated heterocycles. The number of likely N-dealkylation sites (tertiary alicyclic amines) is 1. The molecule has 186 valence electrons. The van der Waals surface area contributed by atoms with E-state index in [9.17, 15) is 27.2 Å². The number of nitrogen functional groups attached to an aromatic ring is 1. The van der Waals surface area contributed by atoms with Crippen LogP contribution in [-0.2, 0) is 6.18 Å². The molecule has 0 radical (unpaired) electrons. The highest BCUT2D eigenvalue weighted by atomic mass is 19.4. The van der Waals surface area contributed by atoms with Crippen LogP contribution in [0.25, 0.3) is 16.8 Å². The number of nitrogens with one attached hydrogen (secondary N) is 1. The molecule has 0 aromatic carbocycles. The van der Waals surface area contributed by atoms with E-state index in [-0.39, 0.29) is 17.0 Å². The van der Waals surface area contributed by atoms with Crippen molar-refractivity contribution in [3.05, 3.63) is 35.3 Å². The Morgan fingerprint density at radius 2 is 2.09 bits per heavy atom. The number of fused-ring (bicyclic) bond motifs is 1. The molecular weight excluding hydrogens is 478 g/mol. The van der Waals surface area contributed by atoms with Gasteiger partial charge in [-0.1, -0.05) is 0 Å². The Morgan fingerprint density at radius 3 is 2.71 bits per heavy atom. The van der Waals surface area contributed by atoms with Gasteiger partial charge in [0.15, 0.2) is 5.82 Å². The third-order valence-corrected chi connectivity index (χ3v) is 5.52. The van der Waals surface area contributed by atoms with Gasteiger partial charge in [-0.05, 0) is 19.1 Å². The summed E-state index contributed by atoms with van der Waals surface area (Å²) >= 11 is 0. The summed E-state index contributed by atoms with van der Waals surface area (Å²) in [4.78, 5) is 32.6. The molecule has 0 spiro atoms. The Morgan fingerprint density at radius 1 is 1.34 bits per heavy atom. The van der Waals surface area contributed by atoms with Crippen molar-refractivity contribution in [2.24, 2.45) is 0 Å². The van der Waals surface area contributed by atoms with Crippen LogP contribution in [0.2, 0.25) is 0 Å². The van der Waals surface area contributed by atoms with E-state index in [2.05, 4.69) is 20.4 Å². The molecule has 11 nitrogen and oxygen atoms in total. The molecule has 2 amide bonds. The van der Waals surface area contributed by atoms with Crippen molar-refractivity contribution < 1.29 is 41.1 Å². The monoisotopic (exact) mass is 500 g/mol. The fourth-order valence-electron chi connectivity index (χ4n) is 3.86. The van der Waals surface area contributed by atoms with Gasteiger partial charge in [-0.3, -0.25) is 4.79 Å². The molecular formula is C20H19F4N7O4. The quantitative estimate of drug-likeness (QED) is 0.462. The summed E-state index contributed by atoms with van der Waals surface area (Å²) in [6.07, 6.45) is -7.12. The van der Waals surface area contributed by atoms with Gasteiger partial charge < -0.3 is 25.8 Å². The summed E-state index contributed by atoms with van der Waals surface area (Å²) in [5.74, 6) is -2.26. The largest absolute Gasteiger partial charge is 0.480 e. The minimum atomic E-state index is -4.86. The van der Waals surface area contributed by atoms with E-state index in [1.807, 2.05) is 0 Å². The number of rotatable bonds is 4. The van der Waals surface area contributed by atoms with Crippen LogP contribution in [0.5, 0.6) is 5.88 Å². The van der Waals surface area contributed by atoms with E-state index in [1.165, 1.54) is 6.92 Å². The molecule has 35 heavy (non-hydrogen) atoms. The number of halogens is 4. The molecule has 2 atom stereocenters. The van der Waals surface area contributed by atoms with Gasteiger partial charge in [0, 0.05) is 12.1 Å². The fraction of sp³-hybridized carbons (Fsp3) is 0.350. The molecule has 1 aliphatic heterocycles. The first-order chi connectivity index (χ1) is 17.6. The van der Waals surface area contributed by atoms with E-state index in [1.54, 1.807) is 0 Å². The van der Waals surface area contributed by atoms with Crippen molar-refractivity contribution in [1.29, 1.82) is 0 Å². The predicted octanol–water partition coefficient (Wildman–Crippen LogP) is 2.14. The Kier molecular flexibility index (Phi) is 4.94. The van der Waals surface area contributed by atoms with E-state index in [0.717, 1.165) is 27.9 Å². The fourth-order valence-corrected chi connectivity index (χ4v) is 3.86. The number of pyridine rings is 1. The molecule has 0 saturated carbocycles. The minimum absolute atomic E-state index is 0.0348. The third-order valence-electron chi connectivity index (χ3n) is 5.52.